The molecular formula is C33H44O5S. The molecule has 0 saturated carbocycles. The van der Waals surface area contributed by atoms with Crippen LogP contribution in [0.3, 0.4) is 0 Å². The van der Waals surface area contributed by atoms with Gasteiger partial charge in [0.15, 0.2) is 0 Å². The van der Waals surface area contributed by atoms with Gasteiger partial charge in [-0.05, 0) is 86.6 Å². The fourth-order valence-corrected chi connectivity index (χ4v) is 7.26. The van der Waals surface area contributed by atoms with E-state index in [9.17, 15) is 4.79 Å². The third-order valence-corrected chi connectivity index (χ3v) is 8.48. The molecule has 3 aromatic rings. The van der Waals surface area contributed by atoms with Crippen molar-refractivity contribution in [1.82, 2.24) is 0 Å². The Morgan fingerprint density at radius 1 is 0.641 bits per heavy atom. The van der Waals surface area contributed by atoms with Crippen molar-refractivity contribution in [3.05, 3.63) is 72.8 Å². The molecule has 0 aromatic heterocycles. The SMILES string of the molecule is CCC(=O)OS(c1ccccc1)(c1ccccc1)c1c(OC(C)(C)C)cc(OC(C)(C)C)cc1OC(C)(C)C. The minimum absolute atomic E-state index is 0.227. The lowest BCUT2D eigenvalue weighted by molar-refractivity contribution is -0.133. The summed E-state index contributed by atoms with van der Waals surface area (Å²) in [5.41, 5.74) is -1.56. The summed E-state index contributed by atoms with van der Waals surface area (Å²) in [7, 11) is -2.67. The molecule has 0 unspecified atom stereocenters. The summed E-state index contributed by atoms with van der Waals surface area (Å²) >= 11 is 0. The van der Waals surface area contributed by atoms with Crippen LogP contribution in [0.15, 0.2) is 87.5 Å². The quantitative estimate of drug-likeness (QED) is 0.279. The third-order valence-electron chi connectivity index (χ3n) is 5.19. The lowest BCUT2D eigenvalue weighted by Gasteiger charge is -2.42. The van der Waals surface area contributed by atoms with Crippen molar-refractivity contribution in [2.24, 2.45) is 0 Å². The molecule has 0 atom stereocenters. The van der Waals surface area contributed by atoms with Gasteiger partial charge in [-0.3, -0.25) is 4.79 Å². The average molecular weight is 553 g/mol. The van der Waals surface area contributed by atoms with Gasteiger partial charge in [-0.25, -0.2) is 0 Å². The highest BCUT2D eigenvalue weighted by Gasteiger charge is 2.42. The van der Waals surface area contributed by atoms with Crippen molar-refractivity contribution in [2.45, 2.75) is 107 Å². The van der Waals surface area contributed by atoms with Gasteiger partial charge in [0, 0.05) is 38.7 Å². The molecule has 0 spiro atoms. The Kier molecular flexibility index (Phi) is 9.01. The lowest BCUT2D eigenvalue weighted by atomic mass is 10.1. The first-order chi connectivity index (χ1) is 18.0. The van der Waals surface area contributed by atoms with Gasteiger partial charge in [0.05, 0.1) is 0 Å². The van der Waals surface area contributed by atoms with Gasteiger partial charge in [0.2, 0.25) is 0 Å². The Hall–Kier alpha value is -3.12. The monoisotopic (exact) mass is 552 g/mol. The van der Waals surface area contributed by atoms with Gasteiger partial charge in [-0.2, -0.15) is 0 Å². The molecule has 5 nitrogen and oxygen atoms in total. The van der Waals surface area contributed by atoms with Crippen LogP contribution in [0.4, 0.5) is 0 Å². The Labute approximate surface area is 236 Å². The molecule has 3 rings (SSSR count). The van der Waals surface area contributed by atoms with E-state index in [4.69, 9.17) is 18.4 Å². The van der Waals surface area contributed by atoms with E-state index in [0.717, 1.165) is 9.79 Å². The van der Waals surface area contributed by atoms with Crippen LogP contribution in [0.25, 0.3) is 0 Å². The van der Waals surface area contributed by atoms with E-state index in [1.165, 1.54) is 0 Å². The van der Waals surface area contributed by atoms with Crippen LogP contribution >= 0.6 is 10.3 Å². The molecule has 0 fully saturated rings. The van der Waals surface area contributed by atoms with Gasteiger partial charge in [-0.1, -0.05) is 43.3 Å². The number of hydrogen-bond donors (Lipinski definition) is 0. The second kappa shape index (κ2) is 11.5. The molecule has 212 valence electrons. The van der Waals surface area contributed by atoms with Crippen molar-refractivity contribution in [1.29, 1.82) is 0 Å². The Morgan fingerprint density at radius 3 is 1.36 bits per heavy atom. The first-order valence-electron chi connectivity index (χ1n) is 13.4. The second-order valence-electron chi connectivity index (χ2n) is 12.4. The van der Waals surface area contributed by atoms with Crippen LogP contribution in [0, 0.1) is 0 Å². The molecule has 0 heterocycles. The summed E-state index contributed by atoms with van der Waals surface area (Å²) in [5.74, 6) is 1.40. The highest BCUT2D eigenvalue weighted by Crippen LogP contribution is 2.74. The zero-order valence-electron chi connectivity index (χ0n) is 25.1. The van der Waals surface area contributed by atoms with Crippen LogP contribution in [-0.4, -0.2) is 22.8 Å². The lowest BCUT2D eigenvalue weighted by Crippen LogP contribution is -2.28. The third kappa shape index (κ3) is 7.95. The molecular weight excluding hydrogens is 508 g/mol. The van der Waals surface area contributed by atoms with E-state index in [1.54, 1.807) is 0 Å². The fourth-order valence-electron chi connectivity index (χ4n) is 3.99. The topological polar surface area (TPSA) is 54.0 Å². The summed E-state index contributed by atoms with van der Waals surface area (Å²) in [6.07, 6.45) is 0.227. The molecule has 0 radical (unpaired) electrons. The molecule has 0 aliphatic heterocycles. The van der Waals surface area contributed by atoms with Crippen molar-refractivity contribution in [3.8, 4) is 17.2 Å². The van der Waals surface area contributed by atoms with E-state index in [2.05, 4.69) is 0 Å². The van der Waals surface area contributed by atoms with Crippen LogP contribution in [0.1, 0.15) is 75.7 Å². The molecule has 0 N–H and O–H groups in total. The van der Waals surface area contributed by atoms with Crippen molar-refractivity contribution < 1.29 is 23.2 Å². The number of benzene rings is 3. The van der Waals surface area contributed by atoms with Gasteiger partial charge >= 0.3 is 5.97 Å². The predicted octanol–water partition coefficient (Wildman–Crippen LogP) is 9.37. The van der Waals surface area contributed by atoms with E-state index >= 15 is 0 Å². The normalized spacial score (nSPS) is 13.0. The first kappa shape index (κ1) is 30.4. The summed E-state index contributed by atoms with van der Waals surface area (Å²) in [5, 5.41) is 0. The number of ether oxygens (including phenoxy) is 3. The van der Waals surface area contributed by atoms with Crippen LogP contribution in [0.5, 0.6) is 17.2 Å². The minimum atomic E-state index is -2.67. The van der Waals surface area contributed by atoms with Crippen molar-refractivity contribution in [2.75, 3.05) is 0 Å². The number of carbonyl (C=O) groups excluding carboxylic acids is 1. The smallest absolute Gasteiger partial charge is 0.316 e. The first-order valence-corrected chi connectivity index (χ1v) is 15.0. The zero-order chi connectivity index (χ0) is 29.1. The van der Waals surface area contributed by atoms with Gasteiger partial charge in [0.1, 0.15) is 38.9 Å². The van der Waals surface area contributed by atoms with Crippen LogP contribution in [-0.2, 0) is 8.98 Å². The summed E-state index contributed by atoms with van der Waals surface area (Å²) in [6, 6.07) is 23.6. The van der Waals surface area contributed by atoms with E-state index in [0.29, 0.717) is 22.1 Å². The molecule has 0 amide bonds. The summed E-state index contributed by atoms with van der Waals surface area (Å²) in [4.78, 5) is 15.7. The number of hydrogen-bond acceptors (Lipinski definition) is 5. The van der Waals surface area contributed by atoms with Crippen molar-refractivity contribution >= 4 is 16.3 Å². The number of carbonyl (C=O) groups is 1. The standard InChI is InChI=1S/C33H44O5S/c1-11-29(34)38-39(25-18-14-12-15-19-25,26-20-16-13-17-21-26)30-27(36-32(5,6)7)22-24(35-31(2,3)4)23-28(30)37-33(8,9)10/h12-23H,11H2,1-10H3. The average Bonchev–Trinajstić information content (AvgIpc) is 2.81. The summed E-state index contributed by atoms with van der Waals surface area (Å²) in [6.45, 7) is 19.8. The molecule has 39 heavy (non-hydrogen) atoms. The second-order valence-corrected chi connectivity index (χ2v) is 15.0. The Morgan fingerprint density at radius 2 is 1.03 bits per heavy atom. The van der Waals surface area contributed by atoms with Crippen LogP contribution < -0.4 is 14.2 Å². The minimum Gasteiger partial charge on any atom is -0.488 e. The van der Waals surface area contributed by atoms with Gasteiger partial charge < -0.3 is 18.4 Å². The van der Waals surface area contributed by atoms with Gasteiger partial charge in [0.25, 0.3) is 0 Å². The molecule has 3 aromatic carbocycles. The van der Waals surface area contributed by atoms with Crippen molar-refractivity contribution in [3.63, 3.8) is 0 Å². The Balaban J connectivity index is 2.57. The largest absolute Gasteiger partial charge is 0.488 e. The zero-order valence-corrected chi connectivity index (χ0v) is 25.9. The summed E-state index contributed by atoms with van der Waals surface area (Å²) < 4.78 is 26.3. The van der Waals surface area contributed by atoms with E-state index in [-0.39, 0.29) is 12.4 Å². The Bertz CT molecular complexity index is 1170. The highest BCUT2D eigenvalue weighted by atomic mass is 32.3. The molecule has 0 aliphatic carbocycles. The fraction of sp³-hybridized carbons (Fsp3) is 0.424. The molecule has 0 aliphatic rings. The maximum Gasteiger partial charge on any atom is 0.316 e. The maximum absolute atomic E-state index is 13.3. The molecule has 0 saturated heterocycles. The number of rotatable bonds is 8. The van der Waals surface area contributed by atoms with Gasteiger partial charge in [-0.15, -0.1) is 0 Å². The van der Waals surface area contributed by atoms with E-state index < -0.39 is 27.1 Å². The maximum atomic E-state index is 13.3. The van der Waals surface area contributed by atoms with Crippen LogP contribution in [0.2, 0.25) is 0 Å². The van der Waals surface area contributed by atoms with E-state index in [1.807, 2.05) is 142 Å². The highest BCUT2D eigenvalue weighted by molar-refractivity contribution is 8.30. The predicted molar refractivity (Wildman–Crippen MR) is 159 cm³/mol. The molecule has 0 bridgehead atoms. The molecule has 6 heteroatoms.